The summed E-state index contributed by atoms with van der Waals surface area (Å²) in [6, 6.07) is 17.9. The third-order valence-electron chi connectivity index (χ3n) is 8.06. The summed E-state index contributed by atoms with van der Waals surface area (Å²) in [6.45, 7) is 14.3. The van der Waals surface area contributed by atoms with Gasteiger partial charge in [-0.3, -0.25) is 4.90 Å². The van der Waals surface area contributed by atoms with Crippen LogP contribution in [-0.4, -0.2) is 73.2 Å². The van der Waals surface area contributed by atoms with Gasteiger partial charge in [-0.05, 0) is 64.3 Å². The molecule has 3 aromatic rings. The first-order chi connectivity index (χ1) is 18.5. The normalized spacial score (nSPS) is 19.2. The molecule has 1 unspecified atom stereocenters. The highest BCUT2D eigenvalue weighted by Gasteiger charge is 2.37. The zero-order chi connectivity index (χ0) is 27.8. The molecule has 2 aliphatic heterocycles. The molecule has 0 saturated carbocycles. The predicted molar refractivity (Wildman–Crippen MR) is 160 cm³/mol. The van der Waals surface area contributed by atoms with Gasteiger partial charge in [-0.25, -0.2) is 13.1 Å². The van der Waals surface area contributed by atoms with Crippen LogP contribution in [0.2, 0.25) is 5.02 Å². The minimum atomic E-state index is -3.58. The molecule has 2 aromatic carbocycles. The highest BCUT2D eigenvalue weighted by Crippen LogP contribution is 2.34. The van der Waals surface area contributed by atoms with Crippen molar-refractivity contribution in [1.29, 1.82) is 0 Å². The first-order valence-electron chi connectivity index (χ1n) is 13.9. The Labute approximate surface area is 238 Å². The topological polar surface area (TPSA) is 61.7 Å². The second-order valence-electron chi connectivity index (χ2n) is 11.8. The Hall–Kier alpha value is -2.55. The fraction of sp³-hybridized carbons (Fsp3) is 0.500. The van der Waals surface area contributed by atoms with E-state index >= 15 is 0 Å². The van der Waals surface area contributed by atoms with Gasteiger partial charge in [0, 0.05) is 63.1 Å². The quantitative estimate of drug-likeness (QED) is 0.396. The number of aromatic nitrogens is 2. The summed E-state index contributed by atoms with van der Waals surface area (Å²) in [6.07, 6.45) is 1.44. The average Bonchev–Trinajstić information content (AvgIpc) is 3.54. The van der Waals surface area contributed by atoms with Crippen LogP contribution in [0, 0.1) is 6.92 Å². The second-order valence-corrected chi connectivity index (χ2v) is 14.4. The first-order valence-corrected chi connectivity index (χ1v) is 15.8. The maximum Gasteiger partial charge on any atom is 0.184 e. The van der Waals surface area contributed by atoms with Crippen LogP contribution in [-0.2, 0) is 22.8 Å². The fourth-order valence-corrected chi connectivity index (χ4v) is 7.99. The summed E-state index contributed by atoms with van der Waals surface area (Å²) in [5.41, 5.74) is 3.33. The van der Waals surface area contributed by atoms with Crippen LogP contribution >= 0.6 is 11.6 Å². The molecule has 7 nitrogen and oxygen atoms in total. The largest absolute Gasteiger partial charge is 0.369 e. The highest BCUT2D eigenvalue weighted by atomic mass is 35.5. The molecule has 1 atom stereocenters. The Bertz CT molecular complexity index is 1390. The Morgan fingerprint density at radius 2 is 1.67 bits per heavy atom. The molecule has 3 heterocycles. The van der Waals surface area contributed by atoms with Crippen molar-refractivity contribution < 1.29 is 8.42 Å². The SMILES string of the molecule is Cc1cc(N2CCC(S(=O)(=O)c3ccc(N4CCN(C(C)(C)C)CC4)cc3Cl)C2)n(CCc2ccccc2)n1. The van der Waals surface area contributed by atoms with E-state index in [1.807, 2.05) is 41.9 Å². The lowest BCUT2D eigenvalue weighted by Gasteiger charge is -2.43. The van der Waals surface area contributed by atoms with Gasteiger partial charge in [0.05, 0.1) is 20.9 Å². The second kappa shape index (κ2) is 11.1. The molecule has 0 spiro atoms. The summed E-state index contributed by atoms with van der Waals surface area (Å²) < 4.78 is 29.5. The van der Waals surface area contributed by atoms with Crippen molar-refractivity contribution in [2.45, 2.75) is 62.8 Å². The molecular weight excluding hydrogens is 530 g/mol. The molecule has 0 amide bonds. The van der Waals surface area contributed by atoms with Crippen LogP contribution in [0.1, 0.15) is 38.4 Å². The lowest BCUT2D eigenvalue weighted by atomic mass is 10.0. The van der Waals surface area contributed by atoms with Crippen LogP contribution in [0.15, 0.2) is 59.5 Å². The highest BCUT2D eigenvalue weighted by molar-refractivity contribution is 7.92. The molecule has 0 N–H and O–H groups in total. The van der Waals surface area contributed by atoms with Crippen LogP contribution < -0.4 is 9.80 Å². The van der Waals surface area contributed by atoms with Gasteiger partial charge in [0.25, 0.3) is 0 Å². The molecule has 0 aliphatic carbocycles. The van der Waals surface area contributed by atoms with E-state index in [0.29, 0.717) is 24.5 Å². The van der Waals surface area contributed by atoms with E-state index in [2.05, 4.69) is 53.7 Å². The molecule has 2 aliphatic rings. The Balaban J connectivity index is 1.26. The van der Waals surface area contributed by atoms with Gasteiger partial charge in [0.2, 0.25) is 0 Å². The lowest BCUT2D eigenvalue weighted by Crippen LogP contribution is -2.53. The fourth-order valence-electron chi connectivity index (χ4n) is 5.75. The molecule has 5 rings (SSSR count). The number of anilines is 2. The Morgan fingerprint density at radius 3 is 2.33 bits per heavy atom. The van der Waals surface area contributed by atoms with Crippen molar-refractivity contribution in [3.05, 3.63) is 70.9 Å². The maximum atomic E-state index is 13.7. The molecule has 0 radical (unpaired) electrons. The standard InChI is InChI=1S/C30H40ClN5O2S/c1-23-20-29(36(32-23)15-12-24-8-6-5-7-9-24)34-14-13-26(22-34)39(37,38)28-11-10-25(21-27(28)31)33-16-18-35(19-17-33)30(2,3)4/h5-11,20-21,26H,12-19,22H2,1-4H3. The zero-order valence-electron chi connectivity index (χ0n) is 23.5. The van der Waals surface area contributed by atoms with Crippen molar-refractivity contribution in [3.8, 4) is 0 Å². The number of sulfone groups is 1. The smallest absolute Gasteiger partial charge is 0.184 e. The maximum absolute atomic E-state index is 13.7. The summed E-state index contributed by atoms with van der Waals surface area (Å²) >= 11 is 6.65. The first kappa shape index (κ1) is 28.0. The van der Waals surface area contributed by atoms with Crippen LogP contribution in [0.25, 0.3) is 0 Å². The Morgan fingerprint density at radius 1 is 0.949 bits per heavy atom. The number of nitrogens with zero attached hydrogens (tertiary/aromatic N) is 5. The molecule has 9 heteroatoms. The van der Waals surface area contributed by atoms with E-state index in [1.54, 1.807) is 6.07 Å². The van der Waals surface area contributed by atoms with E-state index in [9.17, 15) is 8.42 Å². The third-order valence-corrected chi connectivity index (χ3v) is 10.7. The van der Waals surface area contributed by atoms with E-state index in [1.165, 1.54) is 5.56 Å². The number of aryl methyl sites for hydroxylation is 3. The van der Waals surface area contributed by atoms with E-state index in [4.69, 9.17) is 16.7 Å². The van der Waals surface area contributed by atoms with Gasteiger partial charge in [-0.2, -0.15) is 5.10 Å². The van der Waals surface area contributed by atoms with Gasteiger partial charge < -0.3 is 9.80 Å². The van der Waals surface area contributed by atoms with E-state index < -0.39 is 15.1 Å². The van der Waals surface area contributed by atoms with Crippen LogP contribution in [0.5, 0.6) is 0 Å². The number of benzene rings is 2. The van der Waals surface area contributed by atoms with Gasteiger partial charge >= 0.3 is 0 Å². The molecule has 1 aromatic heterocycles. The third kappa shape index (κ3) is 6.13. The van der Waals surface area contributed by atoms with Crippen molar-refractivity contribution in [2.24, 2.45) is 0 Å². The minimum Gasteiger partial charge on any atom is -0.369 e. The van der Waals surface area contributed by atoms with Gasteiger partial charge in [-0.1, -0.05) is 41.9 Å². The molecule has 2 saturated heterocycles. The molecule has 39 heavy (non-hydrogen) atoms. The van der Waals surface area contributed by atoms with Crippen molar-refractivity contribution in [1.82, 2.24) is 14.7 Å². The molecule has 2 fully saturated rings. The number of hydrogen-bond acceptors (Lipinski definition) is 6. The van der Waals surface area contributed by atoms with Crippen molar-refractivity contribution in [3.63, 3.8) is 0 Å². The average molecular weight is 570 g/mol. The van der Waals surface area contributed by atoms with Crippen LogP contribution in [0.4, 0.5) is 11.5 Å². The number of rotatable bonds is 7. The van der Waals surface area contributed by atoms with Gasteiger partial charge in [0.15, 0.2) is 9.84 Å². The van der Waals surface area contributed by atoms with Crippen LogP contribution in [0.3, 0.4) is 0 Å². The molecule has 0 bridgehead atoms. The minimum absolute atomic E-state index is 0.148. The van der Waals surface area contributed by atoms with Crippen molar-refractivity contribution in [2.75, 3.05) is 49.1 Å². The van der Waals surface area contributed by atoms with Gasteiger partial charge in [-0.15, -0.1) is 0 Å². The monoisotopic (exact) mass is 569 g/mol. The number of hydrogen-bond donors (Lipinski definition) is 0. The lowest BCUT2D eigenvalue weighted by molar-refractivity contribution is 0.128. The van der Waals surface area contributed by atoms with Gasteiger partial charge in [0.1, 0.15) is 5.82 Å². The summed E-state index contributed by atoms with van der Waals surface area (Å²) in [7, 11) is -3.58. The van der Waals surface area contributed by atoms with E-state index in [-0.39, 0.29) is 10.4 Å². The zero-order valence-corrected chi connectivity index (χ0v) is 25.0. The summed E-state index contributed by atoms with van der Waals surface area (Å²) in [5, 5.41) is 4.51. The number of piperazine rings is 1. The summed E-state index contributed by atoms with van der Waals surface area (Å²) in [5.74, 6) is 0.983. The Kier molecular flexibility index (Phi) is 8.00. The predicted octanol–water partition coefficient (Wildman–Crippen LogP) is 5.06. The molecular formula is C30H40ClN5O2S. The van der Waals surface area contributed by atoms with Crippen molar-refractivity contribution >= 4 is 32.9 Å². The van der Waals surface area contributed by atoms with E-state index in [0.717, 1.165) is 56.3 Å². The number of halogens is 1. The summed E-state index contributed by atoms with van der Waals surface area (Å²) in [4.78, 5) is 7.16. The molecule has 210 valence electrons.